The minimum absolute atomic E-state index is 0.130. The predicted octanol–water partition coefficient (Wildman–Crippen LogP) is -1.23. The quantitative estimate of drug-likeness (QED) is 0.514. The van der Waals surface area contributed by atoms with Crippen LogP contribution in [0.4, 0.5) is 8.78 Å². The number of hydrogen-bond acceptors (Lipinski definition) is 3. The van der Waals surface area contributed by atoms with Crippen LogP contribution < -0.4 is 0 Å². The van der Waals surface area contributed by atoms with E-state index in [1.165, 1.54) is 0 Å². The van der Waals surface area contributed by atoms with Crippen molar-refractivity contribution in [3.8, 4) is 0 Å². The summed E-state index contributed by atoms with van der Waals surface area (Å²) >= 11 is 0. The molecular weight excluding hydrogens is 160 g/mol. The second kappa shape index (κ2) is 2.38. The molecule has 6 heteroatoms. The van der Waals surface area contributed by atoms with Crippen LogP contribution in [0.2, 0.25) is 0 Å². The number of carbonyl (C=O) groups is 1. The van der Waals surface area contributed by atoms with Gasteiger partial charge in [-0.25, -0.2) is 0 Å². The Kier molecular flexibility index (Phi) is 1.81. The molecule has 1 aliphatic rings. The molecule has 0 aliphatic carbocycles. The van der Waals surface area contributed by atoms with Crippen molar-refractivity contribution in [3.05, 3.63) is 0 Å². The summed E-state index contributed by atoms with van der Waals surface area (Å²) < 4.78 is 23.6. The molecule has 0 atom stereocenters. The minimum atomic E-state index is -4.31. The Labute approximate surface area is 61.0 Å². The van der Waals surface area contributed by atoms with Crippen molar-refractivity contribution in [2.24, 2.45) is 0 Å². The van der Waals surface area contributed by atoms with Gasteiger partial charge < -0.3 is 15.1 Å². The maximum atomic E-state index is 11.8. The number of hydrogen-bond donors (Lipinski definition) is 2. The van der Waals surface area contributed by atoms with Crippen molar-refractivity contribution in [1.82, 2.24) is 4.90 Å². The van der Waals surface area contributed by atoms with Gasteiger partial charge in [0.15, 0.2) is 0 Å². The van der Waals surface area contributed by atoms with Crippen LogP contribution in [-0.4, -0.2) is 46.3 Å². The first kappa shape index (κ1) is 8.35. The van der Waals surface area contributed by atoms with Crippen LogP contribution in [0.25, 0.3) is 0 Å². The van der Waals surface area contributed by atoms with Crippen molar-refractivity contribution in [2.45, 2.75) is 12.2 Å². The summed E-state index contributed by atoms with van der Waals surface area (Å²) in [6.07, 6.45) is -5.04. The van der Waals surface area contributed by atoms with Gasteiger partial charge in [-0.15, -0.1) is 0 Å². The normalized spacial score (nSPS) is 19.8. The summed E-state index contributed by atoms with van der Waals surface area (Å²) in [5.74, 6) is -1.65. The Morgan fingerprint density at radius 1 is 1.55 bits per heavy atom. The molecule has 0 unspecified atom stereocenters. The molecule has 0 radical (unpaired) electrons. The smallest absolute Gasteiger partial charge is 0.389 e. The van der Waals surface area contributed by atoms with E-state index in [-0.39, 0.29) is 13.1 Å². The number of amides is 1. The third-order valence-corrected chi connectivity index (χ3v) is 1.41. The standard InChI is InChI=1S/C5H7F2NO3/c6-5(7,11)4(10)8-1-3(9)2-8/h3,9,11H,1-2H2. The molecule has 2 N–H and O–H groups in total. The first-order valence-corrected chi connectivity index (χ1v) is 2.99. The highest BCUT2D eigenvalue weighted by Gasteiger charge is 2.44. The molecule has 0 spiro atoms. The number of β-amino-alcohol motifs (C(OH)–C–C–N with tert-alkyl or cyclic N) is 1. The number of aliphatic hydroxyl groups excluding tert-OH is 1. The molecular formula is C5H7F2NO3. The Balaban J connectivity index is 2.45. The Hall–Kier alpha value is -0.750. The van der Waals surface area contributed by atoms with E-state index in [2.05, 4.69) is 0 Å². The van der Waals surface area contributed by atoms with Crippen molar-refractivity contribution in [2.75, 3.05) is 13.1 Å². The van der Waals surface area contributed by atoms with Gasteiger partial charge in [0.2, 0.25) is 0 Å². The lowest BCUT2D eigenvalue weighted by Gasteiger charge is -2.36. The molecule has 1 aliphatic heterocycles. The van der Waals surface area contributed by atoms with E-state index in [1.54, 1.807) is 0 Å². The lowest BCUT2D eigenvalue weighted by molar-refractivity contribution is -0.222. The molecule has 4 nitrogen and oxygen atoms in total. The molecule has 1 saturated heterocycles. The zero-order chi connectivity index (χ0) is 8.65. The zero-order valence-electron chi connectivity index (χ0n) is 5.50. The molecule has 64 valence electrons. The van der Waals surface area contributed by atoms with Gasteiger partial charge in [-0.2, -0.15) is 8.78 Å². The van der Waals surface area contributed by atoms with Crippen LogP contribution in [0.3, 0.4) is 0 Å². The highest BCUT2D eigenvalue weighted by molar-refractivity contribution is 5.82. The average Bonchev–Trinajstić information content (AvgIpc) is 1.77. The number of likely N-dealkylation sites (tertiary alicyclic amines) is 1. The summed E-state index contributed by atoms with van der Waals surface area (Å²) in [6.45, 7) is -0.260. The maximum Gasteiger partial charge on any atom is 0.434 e. The Morgan fingerprint density at radius 3 is 2.27 bits per heavy atom. The van der Waals surface area contributed by atoms with E-state index in [0.29, 0.717) is 4.90 Å². The number of halogens is 2. The summed E-state index contributed by atoms with van der Waals surface area (Å²) in [5.41, 5.74) is 0. The Morgan fingerprint density at radius 2 is 2.00 bits per heavy atom. The minimum Gasteiger partial charge on any atom is -0.389 e. The molecule has 1 fully saturated rings. The number of carbonyl (C=O) groups excluding carboxylic acids is 1. The van der Waals surface area contributed by atoms with Crippen LogP contribution in [0.5, 0.6) is 0 Å². The van der Waals surface area contributed by atoms with E-state index in [9.17, 15) is 13.6 Å². The van der Waals surface area contributed by atoms with Crippen LogP contribution in [0, 0.1) is 0 Å². The number of aliphatic hydroxyl groups is 2. The van der Waals surface area contributed by atoms with Gasteiger partial charge in [-0.3, -0.25) is 4.79 Å². The van der Waals surface area contributed by atoms with E-state index in [4.69, 9.17) is 10.2 Å². The monoisotopic (exact) mass is 167 g/mol. The zero-order valence-corrected chi connectivity index (χ0v) is 5.50. The van der Waals surface area contributed by atoms with Crippen molar-refractivity contribution < 1.29 is 23.8 Å². The van der Waals surface area contributed by atoms with Gasteiger partial charge >= 0.3 is 12.0 Å². The van der Waals surface area contributed by atoms with E-state index >= 15 is 0 Å². The fraction of sp³-hybridized carbons (Fsp3) is 0.800. The highest BCUT2D eigenvalue weighted by atomic mass is 19.3. The van der Waals surface area contributed by atoms with E-state index in [1.807, 2.05) is 0 Å². The summed E-state index contributed by atoms with van der Waals surface area (Å²) in [7, 11) is 0. The molecule has 0 bridgehead atoms. The second-order valence-corrected chi connectivity index (χ2v) is 2.41. The molecule has 1 heterocycles. The SMILES string of the molecule is O=C(N1CC(O)C1)C(O)(F)F. The maximum absolute atomic E-state index is 11.8. The number of nitrogens with zero attached hydrogens (tertiary/aromatic N) is 1. The fourth-order valence-corrected chi connectivity index (χ4v) is 0.811. The van der Waals surface area contributed by atoms with Crippen LogP contribution in [-0.2, 0) is 4.79 Å². The first-order valence-electron chi connectivity index (χ1n) is 2.99. The fourth-order valence-electron chi connectivity index (χ4n) is 0.811. The molecule has 0 aromatic rings. The predicted molar refractivity (Wildman–Crippen MR) is 29.8 cm³/mol. The van der Waals surface area contributed by atoms with Gasteiger partial charge in [0, 0.05) is 13.1 Å². The largest absolute Gasteiger partial charge is 0.434 e. The van der Waals surface area contributed by atoms with Crippen LogP contribution in [0.1, 0.15) is 0 Å². The van der Waals surface area contributed by atoms with Crippen molar-refractivity contribution in [1.29, 1.82) is 0 Å². The van der Waals surface area contributed by atoms with Crippen molar-refractivity contribution in [3.63, 3.8) is 0 Å². The number of alkyl halides is 2. The molecule has 1 rings (SSSR count). The topological polar surface area (TPSA) is 60.8 Å². The van der Waals surface area contributed by atoms with Gasteiger partial charge in [-0.05, 0) is 0 Å². The molecule has 0 aromatic heterocycles. The lowest BCUT2D eigenvalue weighted by atomic mass is 10.2. The third kappa shape index (κ3) is 1.63. The Bertz CT molecular complexity index is 173. The van der Waals surface area contributed by atoms with Gasteiger partial charge in [0.25, 0.3) is 0 Å². The number of rotatable bonds is 1. The summed E-state index contributed by atoms with van der Waals surface area (Å²) in [5, 5.41) is 16.5. The van der Waals surface area contributed by atoms with Crippen molar-refractivity contribution >= 4 is 5.91 Å². The van der Waals surface area contributed by atoms with Gasteiger partial charge in [0.05, 0.1) is 6.10 Å². The van der Waals surface area contributed by atoms with Crippen LogP contribution >= 0.6 is 0 Å². The first-order chi connectivity index (χ1) is 4.91. The average molecular weight is 167 g/mol. The van der Waals surface area contributed by atoms with E-state index < -0.39 is 18.1 Å². The van der Waals surface area contributed by atoms with Gasteiger partial charge in [-0.1, -0.05) is 0 Å². The molecule has 11 heavy (non-hydrogen) atoms. The molecule has 1 amide bonds. The van der Waals surface area contributed by atoms with E-state index in [0.717, 1.165) is 0 Å². The summed E-state index contributed by atoms with van der Waals surface area (Å²) in [4.78, 5) is 11.1. The molecule has 0 aromatic carbocycles. The lowest BCUT2D eigenvalue weighted by Crippen LogP contribution is -2.58. The third-order valence-electron chi connectivity index (χ3n) is 1.41. The highest BCUT2D eigenvalue weighted by Crippen LogP contribution is 2.17. The second-order valence-electron chi connectivity index (χ2n) is 2.41. The summed E-state index contributed by atoms with van der Waals surface area (Å²) in [6, 6.07) is 0. The molecule has 0 saturated carbocycles. The van der Waals surface area contributed by atoms with Gasteiger partial charge in [0.1, 0.15) is 0 Å². The van der Waals surface area contributed by atoms with Crippen LogP contribution in [0.15, 0.2) is 0 Å².